The molecule has 1 aromatic rings. The Labute approximate surface area is 126 Å². The Kier molecular flexibility index (Phi) is 4.13. The van der Waals surface area contributed by atoms with E-state index >= 15 is 0 Å². The van der Waals surface area contributed by atoms with Crippen LogP contribution in [-0.4, -0.2) is 32.8 Å². The summed E-state index contributed by atoms with van der Waals surface area (Å²) >= 11 is 1.02. The van der Waals surface area contributed by atoms with Gasteiger partial charge in [0.2, 0.25) is 11.8 Å². The van der Waals surface area contributed by atoms with Gasteiger partial charge in [-0.3, -0.25) is 14.5 Å². The van der Waals surface area contributed by atoms with Crippen LogP contribution in [0.3, 0.4) is 0 Å². The van der Waals surface area contributed by atoms with E-state index in [1.165, 1.54) is 4.90 Å². The van der Waals surface area contributed by atoms with E-state index in [9.17, 15) is 14.4 Å². The fourth-order valence-electron chi connectivity index (χ4n) is 2.68. The molecule has 0 aliphatic carbocycles. The van der Waals surface area contributed by atoms with Crippen molar-refractivity contribution in [2.24, 2.45) is 5.41 Å². The van der Waals surface area contributed by atoms with Crippen LogP contribution in [0.1, 0.15) is 53.5 Å². The van der Waals surface area contributed by atoms with E-state index in [1.807, 2.05) is 13.8 Å². The first-order valence-electron chi connectivity index (χ1n) is 6.89. The summed E-state index contributed by atoms with van der Waals surface area (Å²) in [5, 5.41) is 9.51. The van der Waals surface area contributed by atoms with Crippen LogP contribution in [0.25, 0.3) is 0 Å². The second kappa shape index (κ2) is 5.55. The molecular weight excluding hydrogens is 292 g/mol. The van der Waals surface area contributed by atoms with Gasteiger partial charge in [-0.1, -0.05) is 13.8 Å². The van der Waals surface area contributed by atoms with E-state index < -0.39 is 11.4 Å². The Hall–Kier alpha value is -1.76. The first-order valence-corrected chi connectivity index (χ1v) is 7.70. The average Bonchev–Trinajstić information content (AvgIpc) is 2.92. The van der Waals surface area contributed by atoms with Gasteiger partial charge in [-0.15, -0.1) is 11.3 Å². The molecule has 0 spiro atoms. The highest BCUT2D eigenvalue weighted by molar-refractivity contribution is 7.13. The average molecular weight is 310 g/mol. The topological polar surface area (TPSA) is 87.6 Å². The van der Waals surface area contributed by atoms with Gasteiger partial charge in [-0.25, -0.2) is 9.78 Å². The third-order valence-electron chi connectivity index (χ3n) is 4.17. The van der Waals surface area contributed by atoms with E-state index in [0.29, 0.717) is 23.5 Å². The minimum Gasteiger partial charge on any atom is -0.477 e. The summed E-state index contributed by atoms with van der Waals surface area (Å²) in [7, 11) is 0. The molecule has 21 heavy (non-hydrogen) atoms. The van der Waals surface area contributed by atoms with Crippen molar-refractivity contribution in [1.82, 2.24) is 9.88 Å². The van der Waals surface area contributed by atoms with Crippen LogP contribution >= 0.6 is 11.3 Å². The predicted molar refractivity (Wildman–Crippen MR) is 77.0 cm³/mol. The molecule has 1 aliphatic heterocycles. The summed E-state index contributed by atoms with van der Waals surface area (Å²) in [5.74, 6) is -1.40. The summed E-state index contributed by atoms with van der Waals surface area (Å²) in [6.07, 6.45) is 1.48. The number of hydrogen-bond acceptors (Lipinski definition) is 5. The van der Waals surface area contributed by atoms with Crippen molar-refractivity contribution in [2.75, 3.05) is 0 Å². The summed E-state index contributed by atoms with van der Waals surface area (Å²) < 4.78 is 0. The number of carboxylic acids is 1. The van der Waals surface area contributed by atoms with Crippen molar-refractivity contribution < 1.29 is 19.5 Å². The zero-order chi connectivity index (χ0) is 15.8. The first-order chi connectivity index (χ1) is 9.84. The van der Waals surface area contributed by atoms with Gasteiger partial charge in [0.05, 0.1) is 17.7 Å². The van der Waals surface area contributed by atoms with Gasteiger partial charge >= 0.3 is 5.97 Å². The van der Waals surface area contributed by atoms with Gasteiger partial charge < -0.3 is 5.11 Å². The number of rotatable bonds is 5. The monoisotopic (exact) mass is 310 g/mol. The van der Waals surface area contributed by atoms with E-state index in [2.05, 4.69) is 4.98 Å². The molecule has 0 atom stereocenters. The van der Waals surface area contributed by atoms with Crippen molar-refractivity contribution in [3.63, 3.8) is 0 Å². The summed E-state index contributed by atoms with van der Waals surface area (Å²) in [4.78, 5) is 41.2. The molecule has 0 radical (unpaired) electrons. The molecule has 1 aliphatic rings. The molecule has 2 heterocycles. The molecule has 0 aromatic carbocycles. The number of carbonyl (C=O) groups is 3. The van der Waals surface area contributed by atoms with E-state index in [4.69, 9.17) is 5.11 Å². The number of nitrogens with zero attached hydrogens (tertiary/aromatic N) is 2. The lowest BCUT2D eigenvalue weighted by Crippen LogP contribution is -2.34. The Morgan fingerprint density at radius 3 is 2.43 bits per heavy atom. The van der Waals surface area contributed by atoms with Crippen molar-refractivity contribution in [1.29, 1.82) is 0 Å². The summed E-state index contributed by atoms with van der Waals surface area (Å²) in [6, 6.07) is 0. The van der Waals surface area contributed by atoms with Crippen LogP contribution in [0.2, 0.25) is 0 Å². The number of amides is 2. The number of hydrogen-bond donors (Lipinski definition) is 1. The number of imide groups is 1. The minimum atomic E-state index is -1.04. The van der Waals surface area contributed by atoms with Crippen molar-refractivity contribution in [3.05, 3.63) is 15.6 Å². The zero-order valence-corrected chi connectivity index (χ0v) is 13.1. The largest absolute Gasteiger partial charge is 0.477 e. The van der Waals surface area contributed by atoms with Crippen molar-refractivity contribution >= 4 is 29.1 Å². The third kappa shape index (κ3) is 2.57. The number of thiazole rings is 1. The van der Waals surface area contributed by atoms with E-state index in [0.717, 1.165) is 11.3 Å². The van der Waals surface area contributed by atoms with Crippen LogP contribution in [0, 0.1) is 12.3 Å². The SMILES string of the molecule is CCC1(CC)CC(=O)N(Cc2nc(C)c(C(=O)O)s2)C1=O. The minimum absolute atomic E-state index is 0.0677. The van der Waals surface area contributed by atoms with Crippen molar-refractivity contribution in [3.8, 4) is 0 Å². The quantitative estimate of drug-likeness (QED) is 0.842. The Morgan fingerprint density at radius 2 is 2.00 bits per heavy atom. The highest BCUT2D eigenvalue weighted by Crippen LogP contribution is 2.40. The van der Waals surface area contributed by atoms with Gasteiger partial charge in [-0.2, -0.15) is 0 Å². The lowest BCUT2D eigenvalue weighted by Gasteiger charge is -2.23. The Balaban J connectivity index is 2.24. The molecular formula is C14H18N2O4S. The highest BCUT2D eigenvalue weighted by atomic mass is 32.1. The van der Waals surface area contributed by atoms with Crippen molar-refractivity contribution in [2.45, 2.75) is 46.6 Å². The molecule has 1 N–H and O–H groups in total. The first kappa shape index (κ1) is 15.6. The second-order valence-electron chi connectivity index (χ2n) is 5.28. The lowest BCUT2D eigenvalue weighted by molar-refractivity contribution is -0.142. The maximum absolute atomic E-state index is 12.5. The number of carbonyl (C=O) groups excluding carboxylic acids is 2. The van der Waals surface area contributed by atoms with Crippen LogP contribution in [0.5, 0.6) is 0 Å². The standard InChI is InChI=1S/C14H18N2O4S/c1-4-14(5-2)6-10(17)16(13(14)20)7-9-15-8(3)11(21-9)12(18)19/h4-7H2,1-3H3,(H,18,19). The summed E-state index contributed by atoms with van der Waals surface area (Å²) in [6.45, 7) is 5.50. The third-order valence-corrected chi connectivity index (χ3v) is 5.30. The lowest BCUT2D eigenvalue weighted by atomic mass is 9.81. The molecule has 0 bridgehead atoms. The number of carboxylic acid groups (broad SMARTS) is 1. The van der Waals surface area contributed by atoms with Crippen LogP contribution in [0.4, 0.5) is 0 Å². The molecule has 2 amide bonds. The van der Waals surface area contributed by atoms with E-state index in [-0.39, 0.29) is 29.7 Å². The molecule has 0 saturated carbocycles. The molecule has 2 rings (SSSR count). The van der Waals surface area contributed by atoms with Crippen LogP contribution in [-0.2, 0) is 16.1 Å². The highest BCUT2D eigenvalue weighted by Gasteiger charge is 2.49. The predicted octanol–water partition coefficient (Wildman–Crippen LogP) is 2.22. The maximum atomic E-state index is 12.5. The zero-order valence-electron chi connectivity index (χ0n) is 12.3. The fraction of sp³-hybridized carbons (Fsp3) is 0.571. The molecule has 7 heteroatoms. The molecule has 6 nitrogen and oxygen atoms in total. The number of aromatic nitrogens is 1. The van der Waals surface area contributed by atoms with Gasteiger partial charge in [0, 0.05) is 6.42 Å². The summed E-state index contributed by atoms with van der Waals surface area (Å²) in [5.41, 5.74) is -0.183. The number of aromatic carboxylic acids is 1. The maximum Gasteiger partial charge on any atom is 0.347 e. The molecule has 114 valence electrons. The van der Waals surface area contributed by atoms with Gasteiger partial charge in [0.15, 0.2) is 0 Å². The van der Waals surface area contributed by atoms with E-state index in [1.54, 1.807) is 6.92 Å². The van der Waals surface area contributed by atoms with Crippen LogP contribution < -0.4 is 0 Å². The van der Waals surface area contributed by atoms with Gasteiger partial charge in [0.25, 0.3) is 0 Å². The number of likely N-dealkylation sites (tertiary alicyclic amines) is 1. The van der Waals surface area contributed by atoms with Gasteiger partial charge in [0.1, 0.15) is 9.88 Å². The Morgan fingerprint density at radius 1 is 1.38 bits per heavy atom. The fourth-order valence-corrected chi connectivity index (χ4v) is 3.57. The normalized spacial score (nSPS) is 17.6. The smallest absolute Gasteiger partial charge is 0.347 e. The van der Waals surface area contributed by atoms with Gasteiger partial charge in [-0.05, 0) is 19.8 Å². The second-order valence-corrected chi connectivity index (χ2v) is 6.36. The number of aryl methyl sites for hydroxylation is 1. The molecule has 1 fully saturated rings. The molecule has 1 saturated heterocycles. The molecule has 1 aromatic heterocycles. The van der Waals surface area contributed by atoms with Crippen LogP contribution in [0.15, 0.2) is 0 Å². The molecule has 0 unspecified atom stereocenters. The Bertz CT molecular complexity index is 604.